The molecule has 6 heteroatoms. The lowest BCUT2D eigenvalue weighted by atomic mass is 10.1. The van der Waals surface area contributed by atoms with Crippen molar-refractivity contribution in [3.8, 4) is 17.1 Å². The number of para-hydroxylation sites is 2. The molecule has 0 aliphatic rings. The average Bonchev–Trinajstić information content (AvgIpc) is 3.46. The van der Waals surface area contributed by atoms with Crippen molar-refractivity contribution in [1.82, 2.24) is 18.9 Å². The van der Waals surface area contributed by atoms with Crippen LogP contribution in [0.5, 0.6) is 5.75 Å². The maximum atomic E-state index is 13.1. The molecule has 0 aliphatic carbocycles. The molecule has 0 aliphatic heterocycles. The zero-order chi connectivity index (χ0) is 25.5. The Kier molecular flexibility index (Phi) is 5.72. The lowest BCUT2D eigenvalue weighted by Gasteiger charge is -2.10. The van der Waals surface area contributed by atoms with Crippen molar-refractivity contribution in [3.05, 3.63) is 95.7 Å². The second-order valence-electron chi connectivity index (χ2n) is 9.56. The van der Waals surface area contributed by atoms with Gasteiger partial charge in [-0.1, -0.05) is 73.0 Å². The molecule has 0 fully saturated rings. The van der Waals surface area contributed by atoms with Gasteiger partial charge in [0.1, 0.15) is 16.9 Å². The van der Waals surface area contributed by atoms with Crippen LogP contribution in [0.25, 0.3) is 39.1 Å². The summed E-state index contributed by atoms with van der Waals surface area (Å²) in [6.45, 7) is 7.00. The van der Waals surface area contributed by atoms with Gasteiger partial charge in [-0.3, -0.25) is 4.40 Å². The van der Waals surface area contributed by atoms with Crippen LogP contribution >= 0.6 is 0 Å². The summed E-state index contributed by atoms with van der Waals surface area (Å²) in [4.78, 5) is 23.3. The third kappa shape index (κ3) is 4.04. The summed E-state index contributed by atoms with van der Waals surface area (Å²) in [5, 5.41) is 0.739. The van der Waals surface area contributed by atoms with Gasteiger partial charge in [-0.15, -0.1) is 0 Å². The first kappa shape index (κ1) is 23.0. The number of ether oxygens (including phenoxy) is 1. The number of nitrogens with zero attached hydrogens (tertiary/aromatic N) is 4. The lowest BCUT2D eigenvalue weighted by molar-refractivity contribution is 0.0737. The maximum Gasteiger partial charge on any atom is 0.343 e. The third-order valence-corrected chi connectivity index (χ3v) is 6.78. The summed E-state index contributed by atoms with van der Waals surface area (Å²) < 4.78 is 10.2. The predicted molar refractivity (Wildman–Crippen MR) is 147 cm³/mol. The molecule has 3 aromatic carbocycles. The highest BCUT2D eigenvalue weighted by Gasteiger charge is 2.23. The van der Waals surface area contributed by atoms with Gasteiger partial charge in [-0.25, -0.2) is 14.8 Å². The number of rotatable bonds is 6. The molecule has 0 saturated carbocycles. The average molecular weight is 489 g/mol. The van der Waals surface area contributed by atoms with Gasteiger partial charge in [0.2, 0.25) is 0 Å². The number of aromatic nitrogens is 4. The Morgan fingerprint density at radius 1 is 0.865 bits per heavy atom. The predicted octanol–water partition coefficient (Wildman–Crippen LogP) is 7.14. The Morgan fingerprint density at radius 3 is 2.30 bits per heavy atom. The van der Waals surface area contributed by atoms with Gasteiger partial charge in [-0.2, -0.15) is 0 Å². The number of imidazole rings is 1. The lowest BCUT2D eigenvalue weighted by Crippen LogP contribution is -2.08. The Morgan fingerprint density at radius 2 is 1.57 bits per heavy atom. The van der Waals surface area contributed by atoms with Crippen molar-refractivity contribution in [3.63, 3.8) is 0 Å². The van der Waals surface area contributed by atoms with E-state index in [9.17, 15) is 4.79 Å². The van der Waals surface area contributed by atoms with Crippen LogP contribution in [0.3, 0.4) is 0 Å². The molecule has 37 heavy (non-hydrogen) atoms. The Balaban J connectivity index is 1.63. The van der Waals surface area contributed by atoms with Gasteiger partial charge < -0.3 is 9.30 Å². The molecule has 0 spiro atoms. The number of benzene rings is 3. The van der Waals surface area contributed by atoms with Crippen LogP contribution in [-0.2, 0) is 6.54 Å². The minimum Gasteiger partial charge on any atom is -0.420 e. The number of aryl methyl sites for hydroxylation is 3. The van der Waals surface area contributed by atoms with E-state index in [-0.39, 0.29) is 0 Å². The van der Waals surface area contributed by atoms with E-state index in [1.54, 1.807) is 12.1 Å². The molecule has 0 bridgehead atoms. The van der Waals surface area contributed by atoms with E-state index in [0.717, 1.165) is 64.1 Å². The summed E-state index contributed by atoms with van der Waals surface area (Å²) in [5.41, 5.74) is 7.10. The SMILES string of the molecule is CCCCn1cc(OC(=O)c2ccc(C)cc2)c2c1nc(-c1ccc(C)cc1)n1c3ccccc3nc21. The molecular weight excluding hydrogens is 460 g/mol. The monoisotopic (exact) mass is 488 g/mol. The van der Waals surface area contributed by atoms with E-state index in [0.29, 0.717) is 11.3 Å². The molecule has 0 saturated heterocycles. The van der Waals surface area contributed by atoms with Crippen LogP contribution in [0.2, 0.25) is 0 Å². The number of hydrogen-bond acceptors (Lipinski definition) is 4. The fourth-order valence-corrected chi connectivity index (χ4v) is 4.73. The highest BCUT2D eigenvalue weighted by Crippen LogP contribution is 2.36. The number of hydrogen-bond donors (Lipinski definition) is 0. The van der Waals surface area contributed by atoms with Crippen LogP contribution < -0.4 is 4.74 Å². The minimum absolute atomic E-state index is 0.397. The van der Waals surface area contributed by atoms with Crippen molar-refractivity contribution in [1.29, 1.82) is 0 Å². The molecule has 0 amide bonds. The van der Waals surface area contributed by atoms with Crippen LogP contribution in [-0.4, -0.2) is 24.9 Å². The summed E-state index contributed by atoms with van der Waals surface area (Å²) in [5.74, 6) is 0.884. The van der Waals surface area contributed by atoms with Crippen molar-refractivity contribution in [2.24, 2.45) is 0 Å². The van der Waals surface area contributed by atoms with Crippen molar-refractivity contribution >= 4 is 33.7 Å². The first-order valence-electron chi connectivity index (χ1n) is 12.7. The van der Waals surface area contributed by atoms with Gasteiger partial charge in [0, 0.05) is 18.3 Å². The number of carbonyl (C=O) groups excluding carboxylic acids is 1. The van der Waals surface area contributed by atoms with Crippen molar-refractivity contribution < 1.29 is 9.53 Å². The van der Waals surface area contributed by atoms with E-state index >= 15 is 0 Å². The molecule has 0 unspecified atom stereocenters. The van der Waals surface area contributed by atoms with Gasteiger partial charge in [0.25, 0.3) is 0 Å². The summed E-state index contributed by atoms with van der Waals surface area (Å²) >= 11 is 0. The molecular formula is C31H28N4O2. The highest BCUT2D eigenvalue weighted by molar-refractivity contribution is 6.03. The summed E-state index contributed by atoms with van der Waals surface area (Å²) in [6.07, 6.45) is 3.93. The third-order valence-electron chi connectivity index (χ3n) is 6.78. The van der Waals surface area contributed by atoms with E-state index in [1.165, 1.54) is 5.56 Å². The molecule has 0 N–H and O–H groups in total. The zero-order valence-corrected chi connectivity index (χ0v) is 21.2. The van der Waals surface area contributed by atoms with E-state index in [4.69, 9.17) is 14.7 Å². The quantitative estimate of drug-likeness (QED) is 0.234. The minimum atomic E-state index is -0.397. The Hall–Kier alpha value is -4.45. The smallest absolute Gasteiger partial charge is 0.343 e. The van der Waals surface area contributed by atoms with E-state index < -0.39 is 5.97 Å². The molecule has 3 aromatic heterocycles. The Labute approximate surface area is 215 Å². The molecule has 6 aromatic rings. The van der Waals surface area contributed by atoms with Gasteiger partial charge in [-0.05, 0) is 44.5 Å². The maximum absolute atomic E-state index is 13.1. The second kappa shape index (κ2) is 9.21. The van der Waals surface area contributed by atoms with Crippen molar-refractivity contribution in [2.45, 2.75) is 40.2 Å². The molecule has 0 radical (unpaired) electrons. The first-order chi connectivity index (χ1) is 18.0. The van der Waals surface area contributed by atoms with E-state index in [2.05, 4.69) is 47.1 Å². The standard InChI is InChI=1S/C31H28N4O2/c1-4-5-18-34-19-26(37-31(36)23-16-12-21(3)13-17-23)27-29(34)33-28(22-14-10-20(2)11-15-22)35-25-9-7-6-8-24(25)32-30(27)35/h6-17,19H,4-5,18H2,1-3H3. The van der Waals surface area contributed by atoms with Gasteiger partial charge >= 0.3 is 5.97 Å². The molecule has 6 rings (SSSR count). The second-order valence-corrected chi connectivity index (χ2v) is 9.56. The van der Waals surface area contributed by atoms with Crippen LogP contribution in [0, 0.1) is 13.8 Å². The summed E-state index contributed by atoms with van der Waals surface area (Å²) in [7, 11) is 0. The largest absolute Gasteiger partial charge is 0.420 e. The highest BCUT2D eigenvalue weighted by atomic mass is 16.5. The number of esters is 1. The fourth-order valence-electron chi connectivity index (χ4n) is 4.73. The number of carbonyl (C=O) groups is 1. The zero-order valence-electron chi connectivity index (χ0n) is 21.2. The number of unbranched alkanes of at least 4 members (excludes halogenated alkanes) is 1. The number of fused-ring (bicyclic) bond motifs is 5. The molecule has 6 nitrogen and oxygen atoms in total. The normalized spacial score (nSPS) is 11.5. The fraction of sp³-hybridized carbons (Fsp3) is 0.194. The topological polar surface area (TPSA) is 61.4 Å². The molecule has 0 atom stereocenters. The molecule has 184 valence electrons. The van der Waals surface area contributed by atoms with Crippen LogP contribution in [0.1, 0.15) is 41.3 Å². The van der Waals surface area contributed by atoms with E-state index in [1.807, 2.05) is 49.5 Å². The van der Waals surface area contributed by atoms with Crippen LogP contribution in [0.15, 0.2) is 79.0 Å². The molecule has 3 heterocycles. The van der Waals surface area contributed by atoms with Gasteiger partial charge in [0.05, 0.1) is 16.6 Å². The van der Waals surface area contributed by atoms with Crippen molar-refractivity contribution in [2.75, 3.05) is 0 Å². The van der Waals surface area contributed by atoms with Gasteiger partial charge in [0.15, 0.2) is 11.4 Å². The first-order valence-corrected chi connectivity index (χ1v) is 12.7. The Bertz CT molecular complexity index is 1760. The summed E-state index contributed by atoms with van der Waals surface area (Å²) in [6, 6.07) is 23.8. The van der Waals surface area contributed by atoms with Crippen LogP contribution in [0.4, 0.5) is 0 Å².